The molecule has 9 heteroatoms. The second-order valence-electron chi connectivity index (χ2n) is 4.18. The molecule has 0 saturated carbocycles. The zero-order valence-corrected chi connectivity index (χ0v) is 9.61. The molecule has 1 aromatic heterocycles. The third-order valence-electron chi connectivity index (χ3n) is 2.87. The number of hydrogen-bond acceptors (Lipinski definition) is 4. The van der Waals surface area contributed by atoms with E-state index in [0.29, 0.717) is 17.2 Å². The summed E-state index contributed by atoms with van der Waals surface area (Å²) in [5.74, 6) is 0. The number of alkyl halides is 3. The van der Waals surface area contributed by atoms with Crippen LogP contribution in [0.15, 0.2) is 15.8 Å². The summed E-state index contributed by atoms with van der Waals surface area (Å²) in [7, 11) is 0. The molecule has 1 aliphatic rings. The third kappa shape index (κ3) is 2.71. The highest BCUT2D eigenvalue weighted by Crippen LogP contribution is 2.29. The maximum atomic E-state index is 12.6. The van der Waals surface area contributed by atoms with E-state index in [1.165, 1.54) is 0 Å². The van der Waals surface area contributed by atoms with Crippen LogP contribution in [0.25, 0.3) is 0 Å². The second kappa shape index (κ2) is 4.82. The summed E-state index contributed by atoms with van der Waals surface area (Å²) < 4.78 is 43.6. The molecule has 1 fully saturated rings. The monoisotopic (exact) mass is 280 g/mol. The predicted molar refractivity (Wildman–Crippen MR) is 56.6 cm³/mol. The number of hydrogen-bond donors (Lipinski definition) is 2. The van der Waals surface area contributed by atoms with Gasteiger partial charge in [-0.3, -0.25) is 14.3 Å². The molecule has 2 atom stereocenters. The van der Waals surface area contributed by atoms with E-state index in [1.54, 1.807) is 4.98 Å². The molecule has 0 amide bonds. The van der Waals surface area contributed by atoms with Crippen LogP contribution in [0.4, 0.5) is 13.2 Å². The van der Waals surface area contributed by atoms with E-state index in [0.717, 1.165) is 0 Å². The van der Waals surface area contributed by atoms with E-state index >= 15 is 0 Å². The lowest BCUT2D eigenvalue weighted by atomic mass is 10.2. The Kier molecular flexibility index (Phi) is 3.50. The van der Waals surface area contributed by atoms with Crippen LogP contribution in [-0.4, -0.2) is 27.4 Å². The summed E-state index contributed by atoms with van der Waals surface area (Å²) in [5.41, 5.74) is -3.91. The van der Waals surface area contributed by atoms with E-state index in [4.69, 9.17) is 9.84 Å². The van der Waals surface area contributed by atoms with Gasteiger partial charge in [-0.15, -0.1) is 0 Å². The Morgan fingerprint density at radius 3 is 2.63 bits per heavy atom. The summed E-state index contributed by atoms with van der Waals surface area (Å²) in [4.78, 5) is 24.2. The number of nitrogens with one attached hydrogen (secondary N) is 1. The standard InChI is InChI=1S/C10H11F3N2O4/c11-10(12,13)6-3-15(9(18)14-8(6)17)7-2-1-5(4-16)19-7/h3,5,7,16H,1-2,4H2,(H,14,17,18)/t5-,7+/m1/s1. The maximum absolute atomic E-state index is 12.6. The summed E-state index contributed by atoms with van der Waals surface area (Å²) in [6.45, 7) is -0.277. The van der Waals surface area contributed by atoms with Gasteiger partial charge in [0.05, 0.1) is 12.7 Å². The first-order valence-electron chi connectivity index (χ1n) is 5.52. The molecule has 0 aliphatic carbocycles. The average Bonchev–Trinajstić information content (AvgIpc) is 2.75. The fourth-order valence-corrected chi connectivity index (χ4v) is 1.93. The molecule has 1 saturated heterocycles. The average molecular weight is 280 g/mol. The molecule has 1 aromatic rings. The zero-order chi connectivity index (χ0) is 14.2. The highest BCUT2D eigenvalue weighted by Gasteiger charge is 2.36. The van der Waals surface area contributed by atoms with Crippen LogP contribution < -0.4 is 11.2 Å². The van der Waals surface area contributed by atoms with Gasteiger partial charge in [0, 0.05) is 6.20 Å². The van der Waals surface area contributed by atoms with Crippen LogP contribution in [0.2, 0.25) is 0 Å². The third-order valence-corrected chi connectivity index (χ3v) is 2.87. The minimum Gasteiger partial charge on any atom is -0.394 e. The van der Waals surface area contributed by atoms with Gasteiger partial charge in [0.1, 0.15) is 11.8 Å². The summed E-state index contributed by atoms with van der Waals surface area (Å²) in [6, 6.07) is 0. The van der Waals surface area contributed by atoms with Crippen LogP contribution in [0, 0.1) is 0 Å². The number of aliphatic hydroxyl groups is 1. The van der Waals surface area contributed by atoms with E-state index in [1.807, 2.05) is 0 Å². The molecule has 0 aromatic carbocycles. The van der Waals surface area contributed by atoms with Gasteiger partial charge in [0.15, 0.2) is 0 Å². The number of rotatable bonds is 2. The quantitative estimate of drug-likeness (QED) is 0.812. The maximum Gasteiger partial charge on any atom is 0.423 e. The molecular formula is C10H11F3N2O4. The van der Waals surface area contributed by atoms with Crippen LogP contribution in [0.5, 0.6) is 0 Å². The van der Waals surface area contributed by atoms with Crippen molar-refractivity contribution in [2.45, 2.75) is 31.3 Å². The Morgan fingerprint density at radius 1 is 1.42 bits per heavy atom. The highest BCUT2D eigenvalue weighted by molar-refractivity contribution is 5.09. The zero-order valence-electron chi connectivity index (χ0n) is 9.61. The van der Waals surface area contributed by atoms with Crippen LogP contribution in [-0.2, 0) is 10.9 Å². The fraction of sp³-hybridized carbons (Fsp3) is 0.600. The molecule has 0 radical (unpaired) electrons. The van der Waals surface area contributed by atoms with Gasteiger partial charge in [-0.2, -0.15) is 13.2 Å². The van der Waals surface area contributed by atoms with Gasteiger partial charge < -0.3 is 9.84 Å². The number of H-pyrrole nitrogens is 1. The van der Waals surface area contributed by atoms with Crippen LogP contribution in [0.3, 0.4) is 0 Å². The molecule has 0 spiro atoms. The molecule has 0 bridgehead atoms. The van der Waals surface area contributed by atoms with Crippen molar-refractivity contribution in [3.63, 3.8) is 0 Å². The molecule has 2 N–H and O–H groups in total. The Bertz CT molecular complexity index is 577. The number of nitrogens with zero attached hydrogens (tertiary/aromatic N) is 1. The molecule has 19 heavy (non-hydrogen) atoms. The van der Waals surface area contributed by atoms with Crippen molar-refractivity contribution in [2.24, 2.45) is 0 Å². The first-order valence-corrected chi connectivity index (χ1v) is 5.52. The van der Waals surface area contributed by atoms with Crippen molar-refractivity contribution < 1.29 is 23.0 Å². The molecule has 0 unspecified atom stereocenters. The van der Waals surface area contributed by atoms with Crippen molar-refractivity contribution in [1.29, 1.82) is 0 Å². The lowest BCUT2D eigenvalue weighted by Crippen LogP contribution is -2.36. The smallest absolute Gasteiger partial charge is 0.394 e. The van der Waals surface area contributed by atoms with Crippen molar-refractivity contribution in [1.82, 2.24) is 9.55 Å². The number of ether oxygens (including phenoxy) is 1. The Balaban J connectivity index is 2.42. The first-order chi connectivity index (χ1) is 8.82. The van der Waals surface area contributed by atoms with Crippen LogP contribution in [0.1, 0.15) is 24.6 Å². The van der Waals surface area contributed by atoms with Gasteiger partial charge in [-0.25, -0.2) is 4.79 Å². The number of aromatic nitrogens is 2. The first kappa shape index (κ1) is 13.8. The largest absolute Gasteiger partial charge is 0.423 e. The summed E-state index contributed by atoms with van der Waals surface area (Å²) in [6.07, 6.45) is -5.12. The van der Waals surface area contributed by atoms with Gasteiger partial charge in [-0.05, 0) is 12.8 Å². The van der Waals surface area contributed by atoms with Crippen molar-refractivity contribution in [2.75, 3.05) is 6.61 Å². The second-order valence-corrected chi connectivity index (χ2v) is 4.18. The SMILES string of the molecule is O=c1[nH]c(=O)n([C@@H]2CC[C@H](CO)O2)cc1C(F)(F)F. The number of aromatic amines is 1. The minimum absolute atomic E-state index is 0.277. The summed E-state index contributed by atoms with van der Waals surface area (Å²) in [5, 5.41) is 8.88. The number of aliphatic hydroxyl groups excluding tert-OH is 1. The van der Waals surface area contributed by atoms with Crippen LogP contribution >= 0.6 is 0 Å². The Labute approximate surface area is 104 Å². The van der Waals surface area contributed by atoms with Crippen molar-refractivity contribution in [3.8, 4) is 0 Å². The van der Waals surface area contributed by atoms with E-state index in [2.05, 4.69) is 0 Å². The van der Waals surface area contributed by atoms with E-state index in [-0.39, 0.29) is 13.0 Å². The van der Waals surface area contributed by atoms with Crippen molar-refractivity contribution >= 4 is 0 Å². The molecule has 6 nitrogen and oxygen atoms in total. The molecule has 2 heterocycles. The summed E-state index contributed by atoms with van der Waals surface area (Å²) >= 11 is 0. The molecule has 2 rings (SSSR count). The highest BCUT2D eigenvalue weighted by atomic mass is 19.4. The van der Waals surface area contributed by atoms with Gasteiger partial charge in [0.2, 0.25) is 0 Å². The Hall–Kier alpha value is -1.61. The van der Waals surface area contributed by atoms with Gasteiger partial charge >= 0.3 is 11.9 Å². The van der Waals surface area contributed by atoms with Gasteiger partial charge in [0.25, 0.3) is 5.56 Å². The normalized spacial score (nSPS) is 23.8. The fourth-order valence-electron chi connectivity index (χ4n) is 1.93. The van der Waals surface area contributed by atoms with E-state index in [9.17, 15) is 22.8 Å². The topological polar surface area (TPSA) is 84.3 Å². The lowest BCUT2D eigenvalue weighted by Gasteiger charge is -2.16. The lowest BCUT2D eigenvalue weighted by molar-refractivity contribution is -0.139. The Morgan fingerprint density at radius 2 is 2.11 bits per heavy atom. The molecule has 106 valence electrons. The minimum atomic E-state index is -4.85. The van der Waals surface area contributed by atoms with E-state index < -0.39 is 35.3 Å². The number of halogens is 3. The van der Waals surface area contributed by atoms with Crippen molar-refractivity contribution in [3.05, 3.63) is 32.6 Å². The molecular weight excluding hydrogens is 269 g/mol. The predicted octanol–water partition coefficient (Wildman–Crippen LogP) is 0.225. The molecule has 1 aliphatic heterocycles. The van der Waals surface area contributed by atoms with Gasteiger partial charge in [-0.1, -0.05) is 0 Å².